The molecule has 172 valence electrons. The first-order valence-corrected chi connectivity index (χ1v) is 12.0. The number of likely N-dealkylation sites (tertiary alicyclic amines) is 1. The van der Waals surface area contributed by atoms with E-state index in [1.807, 2.05) is 36.1 Å². The summed E-state index contributed by atoms with van der Waals surface area (Å²) in [5, 5.41) is 0. The minimum atomic E-state index is -0.110. The Labute approximate surface area is 187 Å². The number of ether oxygens (including phenoxy) is 1. The molecule has 6 heteroatoms. The van der Waals surface area contributed by atoms with Gasteiger partial charge in [-0.3, -0.25) is 14.5 Å². The lowest BCUT2D eigenvalue weighted by Gasteiger charge is -2.39. The fourth-order valence-electron chi connectivity index (χ4n) is 4.89. The number of rotatable bonds is 7. The molecular formula is C25H39N3O3. The van der Waals surface area contributed by atoms with Crippen molar-refractivity contribution >= 4 is 11.8 Å². The molecule has 0 radical (unpaired) electrons. The van der Waals surface area contributed by atoms with E-state index in [1.54, 1.807) is 7.11 Å². The Morgan fingerprint density at radius 2 is 1.81 bits per heavy atom. The number of benzene rings is 1. The van der Waals surface area contributed by atoms with Gasteiger partial charge in [0.2, 0.25) is 11.8 Å². The maximum atomic E-state index is 13.2. The summed E-state index contributed by atoms with van der Waals surface area (Å²) in [5.41, 5.74) is 1.15. The number of aryl methyl sites for hydroxylation is 1. The lowest BCUT2D eigenvalue weighted by molar-refractivity contribution is -0.140. The molecule has 2 heterocycles. The second kappa shape index (κ2) is 11.5. The predicted molar refractivity (Wildman–Crippen MR) is 123 cm³/mol. The van der Waals surface area contributed by atoms with Gasteiger partial charge in [-0.2, -0.15) is 0 Å². The Kier molecular flexibility index (Phi) is 8.76. The number of piperidine rings is 1. The maximum Gasteiger partial charge on any atom is 0.239 e. The van der Waals surface area contributed by atoms with Gasteiger partial charge in [0.15, 0.2) is 0 Å². The Balaban J connectivity index is 1.49. The van der Waals surface area contributed by atoms with Crippen molar-refractivity contribution < 1.29 is 14.3 Å². The molecule has 3 rings (SSSR count). The first-order valence-electron chi connectivity index (χ1n) is 12.0. The van der Waals surface area contributed by atoms with Gasteiger partial charge in [0.05, 0.1) is 13.2 Å². The standard InChI is InChI=1S/C25H39N3O3/c1-4-22-8-5-6-17-28(22)25(30)20(2)26-15-7-16-27(19-18-26)24(29)14-11-21-9-12-23(31-3)13-10-21/h9-10,12-13,20,22H,4-8,11,14-19H2,1-3H3. The molecule has 2 amide bonds. The summed E-state index contributed by atoms with van der Waals surface area (Å²) in [4.78, 5) is 32.4. The fourth-order valence-corrected chi connectivity index (χ4v) is 4.89. The van der Waals surface area contributed by atoms with Crippen LogP contribution in [0.1, 0.15) is 57.9 Å². The highest BCUT2D eigenvalue weighted by Gasteiger charge is 2.32. The van der Waals surface area contributed by atoms with Crippen molar-refractivity contribution in [3.05, 3.63) is 29.8 Å². The normalized spacial score (nSPS) is 21.5. The highest BCUT2D eigenvalue weighted by atomic mass is 16.5. The molecule has 2 aliphatic heterocycles. The number of hydrogen-bond donors (Lipinski definition) is 0. The summed E-state index contributed by atoms with van der Waals surface area (Å²) in [6.45, 7) is 8.25. The topological polar surface area (TPSA) is 53.1 Å². The predicted octanol–water partition coefficient (Wildman–Crippen LogP) is 3.34. The van der Waals surface area contributed by atoms with E-state index in [2.05, 4.69) is 16.7 Å². The lowest BCUT2D eigenvalue weighted by Crippen LogP contribution is -2.52. The van der Waals surface area contributed by atoms with Crippen LogP contribution in [0.3, 0.4) is 0 Å². The largest absolute Gasteiger partial charge is 0.497 e. The van der Waals surface area contributed by atoms with Crippen molar-refractivity contribution in [1.82, 2.24) is 14.7 Å². The van der Waals surface area contributed by atoms with Crippen LogP contribution in [-0.2, 0) is 16.0 Å². The van der Waals surface area contributed by atoms with Gasteiger partial charge in [0.1, 0.15) is 5.75 Å². The summed E-state index contributed by atoms with van der Waals surface area (Å²) in [5.74, 6) is 1.31. The third kappa shape index (κ3) is 6.22. The van der Waals surface area contributed by atoms with Gasteiger partial charge in [0, 0.05) is 45.2 Å². The molecule has 31 heavy (non-hydrogen) atoms. The molecule has 1 aromatic carbocycles. The minimum absolute atomic E-state index is 0.110. The quantitative estimate of drug-likeness (QED) is 0.667. The van der Waals surface area contributed by atoms with Crippen LogP contribution in [0.2, 0.25) is 0 Å². The van der Waals surface area contributed by atoms with E-state index in [4.69, 9.17) is 4.74 Å². The van der Waals surface area contributed by atoms with Crippen LogP contribution >= 0.6 is 0 Å². The van der Waals surface area contributed by atoms with Gasteiger partial charge in [-0.15, -0.1) is 0 Å². The molecular weight excluding hydrogens is 390 g/mol. The molecule has 2 fully saturated rings. The first kappa shape index (κ1) is 23.6. The van der Waals surface area contributed by atoms with Crippen molar-refractivity contribution in [2.24, 2.45) is 0 Å². The second-order valence-corrected chi connectivity index (χ2v) is 8.88. The van der Waals surface area contributed by atoms with Crippen LogP contribution in [0.15, 0.2) is 24.3 Å². The molecule has 2 aliphatic rings. The highest BCUT2D eigenvalue weighted by Crippen LogP contribution is 2.22. The van der Waals surface area contributed by atoms with E-state index >= 15 is 0 Å². The highest BCUT2D eigenvalue weighted by molar-refractivity contribution is 5.82. The molecule has 0 saturated carbocycles. The van der Waals surface area contributed by atoms with E-state index in [-0.39, 0.29) is 17.9 Å². The van der Waals surface area contributed by atoms with Gasteiger partial charge < -0.3 is 14.5 Å². The Morgan fingerprint density at radius 3 is 2.52 bits per heavy atom. The van der Waals surface area contributed by atoms with Crippen LogP contribution in [-0.4, -0.2) is 78.4 Å². The van der Waals surface area contributed by atoms with Crippen LogP contribution < -0.4 is 4.74 Å². The van der Waals surface area contributed by atoms with Crippen molar-refractivity contribution in [2.75, 3.05) is 39.8 Å². The monoisotopic (exact) mass is 429 g/mol. The van der Waals surface area contributed by atoms with E-state index in [9.17, 15) is 9.59 Å². The van der Waals surface area contributed by atoms with Gasteiger partial charge >= 0.3 is 0 Å². The van der Waals surface area contributed by atoms with E-state index in [1.165, 1.54) is 6.42 Å². The molecule has 2 unspecified atom stereocenters. The molecule has 6 nitrogen and oxygen atoms in total. The molecule has 0 N–H and O–H groups in total. The second-order valence-electron chi connectivity index (χ2n) is 8.88. The summed E-state index contributed by atoms with van der Waals surface area (Å²) in [7, 11) is 1.66. The summed E-state index contributed by atoms with van der Waals surface area (Å²) < 4.78 is 5.19. The Hall–Kier alpha value is -2.08. The van der Waals surface area contributed by atoms with E-state index < -0.39 is 0 Å². The van der Waals surface area contributed by atoms with Gasteiger partial charge in [-0.25, -0.2) is 0 Å². The van der Waals surface area contributed by atoms with Crippen molar-refractivity contribution in [1.29, 1.82) is 0 Å². The number of nitrogens with zero attached hydrogens (tertiary/aromatic N) is 3. The van der Waals surface area contributed by atoms with Crippen LogP contribution in [0.25, 0.3) is 0 Å². The molecule has 2 atom stereocenters. The number of methoxy groups -OCH3 is 1. The zero-order chi connectivity index (χ0) is 22.2. The molecule has 0 aliphatic carbocycles. The molecule has 0 aromatic heterocycles. The SMILES string of the molecule is CCC1CCCCN1C(=O)C(C)N1CCCN(C(=O)CCc2ccc(OC)cc2)CC1. The van der Waals surface area contributed by atoms with Gasteiger partial charge in [-0.1, -0.05) is 19.1 Å². The molecule has 1 aromatic rings. The third-order valence-corrected chi connectivity index (χ3v) is 6.96. The van der Waals surface area contributed by atoms with Crippen molar-refractivity contribution in [3.8, 4) is 5.75 Å². The van der Waals surface area contributed by atoms with E-state index in [0.29, 0.717) is 19.0 Å². The maximum absolute atomic E-state index is 13.2. The average Bonchev–Trinajstić information content (AvgIpc) is 3.08. The Bertz CT molecular complexity index is 721. The zero-order valence-corrected chi connectivity index (χ0v) is 19.5. The first-order chi connectivity index (χ1) is 15.0. The molecule has 0 bridgehead atoms. The van der Waals surface area contributed by atoms with E-state index in [0.717, 1.165) is 69.6 Å². The summed E-state index contributed by atoms with van der Waals surface area (Å²) >= 11 is 0. The number of hydrogen-bond acceptors (Lipinski definition) is 4. The van der Waals surface area contributed by atoms with Gasteiger partial charge in [-0.05, 0) is 63.1 Å². The average molecular weight is 430 g/mol. The van der Waals surface area contributed by atoms with Crippen LogP contribution in [0.5, 0.6) is 5.75 Å². The van der Waals surface area contributed by atoms with Crippen LogP contribution in [0, 0.1) is 0 Å². The number of carbonyl (C=O) groups excluding carboxylic acids is 2. The van der Waals surface area contributed by atoms with Crippen molar-refractivity contribution in [3.63, 3.8) is 0 Å². The summed E-state index contributed by atoms with van der Waals surface area (Å²) in [6.07, 6.45) is 6.70. The Morgan fingerprint density at radius 1 is 1.03 bits per heavy atom. The van der Waals surface area contributed by atoms with Gasteiger partial charge in [0.25, 0.3) is 0 Å². The molecule has 2 saturated heterocycles. The molecule has 0 spiro atoms. The zero-order valence-electron chi connectivity index (χ0n) is 19.5. The minimum Gasteiger partial charge on any atom is -0.497 e. The smallest absolute Gasteiger partial charge is 0.239 e. The van der Waals surface area contributed by atoms with Crippen molar-refractivity contribution in [2.45, 2.75) is 70.9 Å². The fraction of sp³-hybridized carbons (Fsp3) is 0.680. The lowest BCUT2D eigenvalue weighted by atomic mass is 9.99. The number of amides is 2. The third-order valence-electron chi connectivity index (χ3n) is 6.96. The number of carbonyl (C=O) groups is 2. The summed E-state index contributed by atoms with van der Waals surface area (Å²) in [6, 6.07) is 8.20. The van der Waals surface area contributed by atoms with Crippen LogP contribution in [0.4, 0.5) is 0 Å².